The van der Waals surface area contributed by atoms with Gasteiger partial charge in [-0.1, -0.05) is 17.7 Å². The Morgan fingerprint density at radius 3 is 2.60 bits per heavy atom. The number of aryl methyl sites for hydroxylation is 1. The van der Waals surface area contributed by atoms with E-state index in [4.69, 9.17) is 4.74 Å². The summed E-state index contributed by atoms with van der Waals surface area (Å²) in [6, 6.07) is 8.16. The molecule has 1 fully saturated rings. The third kappa shape index (κ3) is 4.85. The topological polar surface area (TPSA) is 41.6 Å². The van der Waals surface area contributed by atoms with Crippen molar-refractivity contribution < 1.29 is 9.53 Å². The summed E-state index contributed by atoms with van der Waals surface area (Å²) in [6.45, 7) is 4.70. The van der Waals surface area contributed by atoms with Gasteiger partial charge in [0.05, 0.1) is 6.42 Å². The van der Waals surface area contributed by atoms with Crippen molar-refractivity contribution in [3.63, 3.8) is 0 Å². The summed E-state index contributed by atoms with van der Waals surface area (Å²) >= 11 is 0. The third-order valence-corrected chi connectivity index (χ3v) is 3.67. The highest BCUT2D eigenvalue weighted by Crippen LogP contribution is 2.13. The van der Waals surface area contributed by atoms with Gasteiger partial charge in [-0.05, 0) is 38.9 Å². The average molecular weight is 276 g/mol. The number of anilines is 1. The highest BCUT2D eigenvalue weighted by atomic mass is 16.5. The normalized spacial score (nSPS) is 16.9. The number of likely N-dealkylation sites (tertiary alicyclic amines) is 1. The van der Waals surface area contributed by atoms with Gasteiger partial charge < -0.3 is 15.0 Å². The SMILES string of the molecule is Cc1ccc(NCCC(=O)OC2CCN(C)CC2)cc1. The molecule has 1 aliphatic heterocycles. The second kappa shape index (κ2) is 7.29. The van der Waals surface area contributed by atoms with Crippen LogP contribution in [0.1, 0.15) is 24.8 Å². The molecular weight excluding hydrogens is 252 g/mol. The van der Waals surface area contributed by atoms with Crippen LogP contribution in [0.2, 0.25) is 0 Å². The standard InChI is InChI=1S/C16H24N2O2/c1-13-3-5-14(6-4-13)17-10-7-16(19)20-15-8-11-18(2)12-9-15/h3-6,15,17H,7-12H2,1-2H3. The van der Waals surface area contributed by atoms with Crippen LogP contribution in [0.5, 0.6) is 0 Å². The fourth-order valence-electron chi connectivity index (χ4n) is 2.33. The molecule has 0 aliphatic carbocycles. The van der Waals surface area contributed by atoms with Crippen LogP contribution in [0.25, 0.3) is 0 Å². The molecule has 0 unspecified atom stereocenters. The lowest BCUT2D eigenvalue weighted by molar-refractivity contribution is -0.150. The van der Waals surface area contributed by atoms with Gasteiger partial charge in [-0.15, -0.1) is 0 Å². The Morgan fingerprint density at radius 1 is 1.30 bits per heavy atom. The van der Waals surface area contributed by atoms with Crippen LogP contribution in [0, 0.1) is 6.92 Å². The summed E-state index contributed by atoms with van der Waals surface area (Å²) in [7, 11) is 2.10. The van der Waals surface area contributed by atoms with E-state index in [1.54, 1.807) is 0 Å². The minimum Gasteiger partial charge on any atom is -0.462 e. The van der Waals surface area contributed by atoms with Gasteiger partial charge in [-0.2, -0.15) is 0 Å². The van der Waals surface area contributed by atoms with Crippen molar-refractivity contribution in [3.05, 3.63) is 29.8 Å². The molecule has 0 bridgehead atoms. The highest BCUT2D eigenvalue weighted by Gasteiger charge is 2.19. The zero-order valence-electron chi connectivity index (χ0n) is 12.4. The maximum Gasteiger partial charge on any atom is 0.307 e. The number of carbonyl (C=O) groups excluding carboxylic acids is 1. The molecule has 110 valence electrons. The van der Waals surface area contributed by atoms with Crippen molar-refractivity contribution in [2.75, 3.05) is 32.0 Å². The van der Waals surface area contributed by atoms with Crippen LogP contribution in [0.3, 0.4) is 0 Å². The third-order valence-electron chi connectivity index (χ3n) is 3.67. The van der Waals surface area contributed by atoms with Crippen molar-refractivity contribution >= 4 is 11.7 Å². The number of esters is 1. The van der Waals surface area contributed by atoms with Crippen molar-refractivity contribution in [2.24, 2.45) is 0 Å². The molecule has 20 heavy (non-hydrogen) atoms. The fraction of sp³-hybridized carbons (Fsp3) is 0.562. The monoisotopic (exact) mass is 276 g/mol. The van der Waals surface area contributed by atoms with Crippen molar-refractivity contribution in [1.82, 2.24) is 4.90 Å². The number of hydrogen-bond donors (Lipinski definition) is 1. The summed E-state index contributed by atoms with van der Waals surface area (Å²) in [5, 5.41) is 3.24. The summed E-state index contributed by atoms with van der Waals surface area (Å²) in [5.41, 5.74) is 2.28. The smallest absolute Gasteiger partial charge is 0.307 e. The second-order valence-electron chi connectivity index (χ2n) is 5.54. The number of rotatable bonds is 5. The summed E-state index contributed by atoms with van der Waals surface area (Å²) in [5.74, 6) is -0.0980. The Morgan fingerprint density at radius 2 is 1.95 bits per heavy atom. The molecule has 4 heteroatoms. The largest absolute Gasteiger partial charge is 0.462 e. The van der Waals surface area contributed by atoms with E-state index in [0.29, 0.717) is 13.0 Å². The Bertz CT molecular complexity index is 423. The van der Waals surface area contributed by atoms with Crippen LogP contribution < -0.4 is 5.32 Å². The Hall–Kier alpha value is -1.55. The summed E-state index contributed by atoms with van der Waals surface area (Å²) in [4.78, 5) is 14.0. The number of benzene rings is 1. The molecule has 0 aromatic heterocycles. The number of nitrogens with one attached hydrogen (secondary N) is 1. The zero-order chi connectivity index (χ0) is 14.4. The van der Waals surface area contributed by atoms with Crippen molar-refractivity contribution in [2.45, 2.75) is 32.3 Å². The van der Waals surface area contributed by atoms with Crippen molar-refractivity contribution in [3.8, 4) is 0 Å². The fourth-order valence-corrected chi connectivity index (χ4v) is 2.33. The summed E-state index contributed by atoms with van der Waals surface area (Å²) < 4.78 is 5.49. The molecule has 0 radical (unpaired) electrons. The predicted octanol–water partition coefficient (Wildman–Crippen LogP) is 2.43. The van der Waals surface area contributed by atoms with E-state index in [-0.39, 0.29) is 12.1 Å². The van der Waals surface area contributed by atoms with Gasteiger partial charge in [-0.3, -0.25) is 4.79 Å². The molecule has 1 aliphatic rings. The van der Waals surface area contributed by atoms with E-state index >= 15 is 0 Å². The number of hydrogen-bond acceptors (Lipinski definition) is 4. The van der Waals surface area contributed by atoms with Crippen LogP contribution in [0.15, 0.2) is 24.3 Å². The van der Waals surface area contributed by atoms with Crippen molar-refractivity contribution in [1.29, 1.82) is 0 Å². The first-order valence-electron chi connectivity index (χ1n) is 7.32. The van der Waals surface area contributed by atoms with Gasteiger partial charge >= 0.3 is 5.97 Å². The molecule has 1 saturated heterocycles. The minimum atomic E-state index is -0.0980. The lowest BCUT2D eigenvalue weighted by Crippen LogP contribution is -2.35. The van der Waals surface area contributed by atoms with E-state index < -0.39 is 0 Å². The van der Waals surface area contributed by atoms with E-state index in [2.05, 4.69) is 36.3 Å². The first-order valence-corrected chi connectivity index (χ1v) is 7.32. The van der Waals surface area contributed by atoms with Crippen LogP contribution in [-0.2, 0) is 9.53 Å². The lowest BCUT2D eigenvalue weighted by Gasteiger charge is -2.28. The van der Waals surface area contributed by atoms with Gasteiger partial charge in [0.15, 0.2) is 0 Å². The molecule has 1 aromatic carbocycles. The number of piperidine rings is 1. The second-order valence-corrected chi connectivity index (χ2v) is 5.54. The van der Waals surface area contributed by atoms with Gasteiger partial charge in [-0.25, -0.2) is 0 Å². The molecule has 0 saturated carbocycles. The van der Waals surface area contributed by atoms with Gasteiger partial charge in [0.25, 0.3) is 0 Å². The van der Waals surface area contributed by atoms with E-state index in [0.717, 1.165) is 31.6 Å². The van der Waals surface area contributed by atoms with Crippen LogP contribution in [0.4, 0.5) is 5.69 Å². The molecule has 1 aromatic rings. The Labute approximate surface area is 121 Å². The van der Waals surface area contributed by atoms with E-state index in [9.17, 15) is 4.79 Å². The molecule has 0 atom stereocenters. The summed E-state index contributed by atoms with van der Waals surface area (Å²) in [6.07, 6.45) is 2.43. The lowest BCUT2D eigenvalue weighted by atomic mass is 10.1. The maximum atomic E-state index is 11.8. The first kappa shape index (κ1) is 14.9. The molecule has 2 rings (SSSR count). The van der Waals surface area contributed by atoms with Crippen LogP contribution in [-0.4, -0.2) is 43.7 Å². The van der Waals surface area contributed by atoms with Crippen LogP contribution >= 0.6 is 0 Å². The van der Waals surface area contributed by atoms with E-state index in [1.165, 1.54) is 5.56 Å². The highest BCUT2D eigenvalue weighted by molar-refractivity contribution is 5.70. The molecule has 1 heterocycles. The molecular formula is C16H24N2O2. The first-order chi connectivity index (χ1) is 9.63. The van der Waals surface area contributed by atoms with E-state index in [1.807, 2.05) is 12.1 Å². The minimum absolute atomic E-state index is 0.0980. The molecule has 0 amide bonds. The molecule has 0 spiro atoms. The van der Waals surface area contributed by atoms with Gasteiger partial charge in [0, 0.05) is 25.3 Å². The predicted molar refractivity (Wildman–Crippen MR) is 80.9 cm³/mol. The Balaban J connectivity index is 1.64. The quantitative estimate of drug-likeness (QED) is 0.839. The van der Waals surface area contributed by atoms with Gasteiger partial charge in [0.1, 0.15) is 6.10 Å². The van der Waals surface area contributed by atoms with Gasteiger partial charge in [0.2, 0.25) is 0 Å². The molecule has 1 N–H and O–H groups in total. The zero-order valence-corrected chi connectivity index (χ0v) is 12.4. The number of carbonyl (C=O) groups is 1. The molecule has 4 nitrogen and oxygen atoms in total. The number of nitrogens with zero attached hydrogens (tertiary/aromatic N) is 1. The average Bonchev–Trinajstić information content (AvgIpc) is 2.44. The number of ether oxygens (including phenoxy) is 1. The Kier molecular flexibility index (Phi) is 5.41. The maximum absolute atomic E-state index is 11.8.